The fourth-order valence-corrected chi connectivity index (χ4v) is 1.02. The predicted octanol–water partition coefficient (Wildman–Crippen LogP) is 1.05. The summed E-state index contributed by atoms with van der Waals surface area (Å²) in [7, 11) is 0. The van der Waals surface area contributed by atoms with Crippen LogP contribution in [-0.4, -0.2) is 36.9 Å². The summed E-state index contributed by atoms with van der Waals surface area (Å²) >= 11 is 0. The van der Waals surface area contributed by atoms with Gasteiger partial charge in [0.2, 0.25) is 0 Å². The van der Waals surface area contributed by atoms with Gasteiger partial charge in [-0.05, 0) is 19.3 Å². The molecule has 0 fully saturated rings. The Balaban J connectivity index is 0.000000810. The van der Waals surface area contributed by atoms with Gasteiger partial charge in [-0.2, -0.15) is 0 Å². The van der Waals surface area contributed by atoms with E-state index in [0.29, 0.717) is 0 Å². The van der Waals surface area contributed by atoms with Crippen molar-refractivity contribution in [1.29, 1.82) is 0 Å². The summed E-state index contributed by atoms with van der Waals surface area (Å²) in [6, 6.07) is 0. The predicted molar refractivity (Wildman–Crippen MR) is 39.9 cm³/mol. The molecule has 0 aromatic rings. The molecular formula is C7H10InO2. The minimum absolute atomic E-state index is 0. The van der Waals surface area contributed by atoms with E-state index in [-0.39, 0.29) is 31.8 Å². The summed E-state index contributed by atoms with van der Waals surface area (Å²) in [5.41, 5.74) is 0. The number of rotatable bonds is 1. The molecule has 0 saturated carbocycles. The fraction of sp³-hybridized carbons (Fsp3) is 0.571. The first-order valence-electron chi connectivity index (χ1n) is 3.20. The van der Waals surface area contributed by atoms with E-state index in [0.717, 1.165) is 19.3 Å². The molecule has 0 amide bonds. The van der Waals surface area contributed by atoms with E-state index >= 15 is 0 Å². The third-order valence-electron chi connectivity index (χ3n) is 1.57. The van der Waals surface area contributed by atoms with Crippen molar-refractivity contribution in [2.75, 3.05) is 0 Å². The minimum Gasteiger partial charge on any atom is -0.481 e. The molecule has 0 bridgehead atoms. The largest absolute Gasteiger partial charge is 0.481 e. The van der Waals surface area contributed by atoms with Gasteiger partial charge in [-0.15, -0.1) is 0 Å². The minimum atomic E-state index is -0.689. The van der Waals surface area contributed by atoms with Crippen LogP contribution in [-0.2, 0) is 4.79 Å². The normalized spacial score (nSPS) is 23.4. The summed E-state index contributed by atoms with van der Waals surface area (Å²) in [4.78, 5) is 10.3. The molecule has 10 heavy (non-hydrogen) atoms. The maximum atomic E-state index is 10.3. The summed E-state index contributed by atoms with van der Waals surface area (Å²) in [6.45, 7) is 0. The van der Waals surface area contributed by atoms with Gasteiger partial charge in [-0.1, -0.05) is 12.2 Å². The summed E-state index contributed by atoms with van der Waals surface area (Å²) in [6.07, 6.45) is 6.61. The van der Waals surface area contributed by atoms with Crippen LogP contribution in [0.1, 0.15) is 19.3 Å². The smallest absolute Gasteiger partial charge is 0.310 e. The molecule has 0 aromatic carbocycles. The second-order valence-corrected chi connectivity index (χ2v) is 2.30. The van der Waals surface area contributed by atoms with Gasteiger partial charge in [0, 0.05) is 25.8 Å². The van der Waals surface area contributed by atoms with Crippen molar-refractivity contribution in [2.45, 2.75) is 19.3 Å². The molecule has 3 heteroatoms. The Morgan fingerprint density at radius 3 is 2.60 bits per heavy atom. The maximum absolute atomic E-state index is 10.3. The second kappa shape index (κ2) is 4.83. The first kappa shape index (κ1) is 10.1. The third-order valence-corrected chi connectivity index (χ3v) is 1.57. The zero-order chi connectivity index (χ0) is 6.69. The summed E-state index contributed by atoms with van der Waals surface area (Å²) in [5, 5.41) is 8.49. The van der Waals surface area contributed by atoms with Crippen molar-refractivity contribution in [1.82, 2.24) is 0 Å². The number of hydrogen-bond acceptors (Lipinski definition) is 1. The van der Waals surface area contributed by atoms with Gasteiger partial charge < -0.3 is 5.11 Å². The van der Waals surface area contributed by atoms with Gasteiger partial charge in [-0.25, -0.2) is 0 Å². The average molecular weight is 241 g/mol. The standard InChI is InChI=1S/C7H10O2.In/c8-7(9)6-4-2-1-3-5-6;/h2,4,6H,1,3,5H2,(H,8,9);. The molecule has 1 aliphatic carbocycles. The van der Waals surface area contributed by atoms with Gasteiger partial charge in [0.05, 0.1) is 5.92 Å². The quantitative estimate of drug-likeness (QED) is 0.696. The third kappa shape index (κ3) is 2.78. The summed E-state index contributed by atoms with van der Waals surface area (Å²) in [5.74, 6) is -0.898. The Kier molecular flexibility index (Phi) is 4.87. The molecule has 1 rings (SSSR count). The van der Waals surface area contributed by atoms with Crippen molar-refractivity contribution in [2.24, 2.45) is 5.92 Å². The van der Waals surface area contributed by atoms with Crippen LogP contribution >= 0.6 is 0 Å². The Morgan fingerprint density at radius 1 is 1.60 bits per heavy atom. The maximum Gasteiger partial charge on any atom is 0.310 e. The number of carboxylic acids is 1. The number of carbonyl (C=O) groups is 1. The van der Waals surface area contributed by atoms with Gasteiger partial charge in [-0.3, -0.25) is 4.79 Å². The van der Waals surface area contributed by atoms with Crippen molar-refractivity contribution in [3.05, 3.63) is 12.2 Å². The van der Waals surface area contributed by atoms with E-state index in [9.17, 15) is 4.79 Å². The van der Waals surface area contributed by atoms with E-state index in [1.165, 1.54) is 0 Å². The molecule has 0 heterocycles. The van der Waals surface area contributed by atoms with E-state index in [1.54, 1.807) is 6.08 Å². The summed E-state index contributed by atoms with van der Waals surface area (Å²) < 4.78 is 0. The number of carboxylic acid groups (broad SMARTS) is 1. The topological polar surface area (TPSA) is 37.3 Å². The Bertz CT molecular complexity index is 143. The molecular weight excluding hydrogens is 231 g/mol. The zero-order valence-electron chi connectivity index (χ0n) is 5.79. The van der Waals surface area contributed by atoms with Crippen LogP contribution in [0.3, 0.4) is 0 Å². The first-order valence-corrected chi connectivity index (χ1v) is 3.20. The van der Waals surface area contributed by atoms with E-state index in [2.05, 4.69) is 0 Å². The van der Waals surface area contributed by atoms with Gasteiger partial charge in [0.1, 0.15) is 0 Å². The van der Waals surface area contributed by atoms with Crippen molar-refractivity contribution in [3.63, 3.8) is 0 Å². The molecule has 0 spiro atoms. The first-order chi connectivity index (χ1) is 4.30. The zero-order valence-corrected chi connectivity index (χ0v) is 9.08. The van der Waals surface area contributed by atoms with Gasteiger partial charge >= 0.3 is 5.97 Å². The van der Waals surface area contributed by atoms with Crippen molar-refractivity contribution < 1.29 is 9.90 Å². The van der Waals surface area contributed by atoms with E-state index in [4.69, 9.17) is 5.11 Å². The van der Waals surface area contributed by atoms with Gasteiger partial charge in [0.15, 0.2) is 0 Å². The average Bonchev–Trinajstić information content (AvgIpc) is 1.90. The Morgan fingerprint density at radius 2 is 2.30 bits per heavy atom. The number of hydrogen-bond donors (Lipinski definition) is 1. The molecule has 3 radical (unpaired) electrons. The fourth-order valence-electron chi connectivity index (χ4n) is 1.02. The molecule has 1 aliphatic rings. The molecule has 0 saturated heterocycles. The monoisotopic (exact) mass is 241 g/mol. The van der Waals surface area contributed by atoms with E-state index in [1.807, 2.05) is 6.08 Å². The van der Waals surface area contributed by atoms with Crippen molar-refractivity contribution in [3.8, 4) is 0 Å². The van der Waals surface area contributed by atoms with Crippen LogP contribution in [0.25, 0.3) is 0 Å². The molecule has 53 valence electrons. The van der Waals surface area contributed by atoms with Crippen LogP contribution in [0.5, 0.6) is 0 Å². The Labute approximate surface area is 79.1 Å². The molecule has 1 unspecified atom stereocenters. The molecule has 1 atom stereocenters. The molecule has 2 nitrogen and oxygen atoms in total. The molecule has 1 N–H and O–H groups in total. The van der Waals surface area contributed by atoms with Gasteiger partial charge in [0.25, 0.3) is 0 Å². The van der Waals surface area contributed by atoms with E-state index < -0.39 is 5.97 Å². The molecule has 0 aliphatic heterocycles. The molecule has 0 aromatic heterocycles. The van der Waals surface area contributed by atoms with Crippen LogP contribution < -0.4 is 0 Å². The van der Waals surface area contributed by atoms with Crippen LogP contribution in [0.2, 0.25) is 0 Å². The SMILES string of the molecule is O=C(O)C1C=CCCC1.[In]. The second-order valence-electron chi connectivity index (χ2n) is 2.30. The Hall–Kier alpha value is 0.0801. The number of allylic oxidation sites excluding steroid dienone is 1. The number of aliphatic carboxylic acids is 1. The van der Waals surface area contributed by atoms with Crippen LogP contribution in [0.15, 0.2) is 12.2 Å². The van der Waals surface area contributed by atoms with Crippen molar-refractivity contribution >= 4 is 31.8 Å². The van der Waals surface area contributed by atoms with Crippen LogP contribution in [0, 0.1) is 5.92 Å². The van der Waals surface area contributed by atoms with Crippen LogP contribution in [0.4, 0.5) is 0 Å².